The Bertz CT molecular complexity index is 456. The van der Waals surface area contributed by atoms with Crippen LogP contribution in [-0.2, 0) is 0 Å². The molecule has 1 aromatic rings. The number of benzene rings is 1. The molecule has 3 N–H and O–H groups in total. The Hall–Kier alpha value is -1.26. The van der Waals surface area contributed by atoms with E-state index in [9.17, 15) is 9.90 Å². The van der Waals surface area contributed by atoms with Gasteiger partial charge in [0.25, 0.3) is 0 Å². The highest BCUT2D eigenvalue weighted by Gasteiger charge is 2.19. The Morgan fingerprint density at radius 2 is 2.00 bits per heavy atom. The number of aliphatic hydroxyl groups excluding tert-OH is 1. The molecular weight excluding hydrogens is 266 g/mol. The van der Waals surface area contributed by atoms with E-state index in [0.29, 0.717) is 10.9 Å². The molecule has 0 saturated heterocycles. The van der Waals surface area contributed by atoms with Gasteiger partial charge in [0.2, 0.25) is 0 Å². The van der Waals surface area contributed by atoms with Crippen LogP contribution in [0.4, 0.5) is 5.69 Å². The number of carboxylic acids is 1. The lowest BCUT2D eigenvalue weighted by Crippen LogP contribution is -2.23. The fraction of sp³-hybridized carbons (Fsp3) is 0.500. The van der Waals surface area contributed by atoms with Crippen LogP contribution >= 0.6 is 11.6 Å². The molecule has 0 spiro atoms. The summed E-state index contributed by atoms with van der Waals surface area (Å²) >= 11 is 6.05. The monoisotopic (exact) mass is 283 g/mol. The molecule has 2 rings (SSSR count). The number of carboxylic acid groups (broad SMARTS) is 1. The molecule has 0 bridgehead atoms. The van der Waals surface area contributed by atoms with Gasteiger partial charge in [-0.25, -0.2) is 4.79 Å². The number of hydrogen-bond acceptors (Lipinski definition) is 3. The lowest BCUT2D eigenvalue weighted by Gasteiger charge is -2.26. The summed E-state index contributed by atoms with van der Waals surface area (Å²) < 4.78 is 0. The maximum atomic E-state index is 10.8. The molecule has 0 aromatic heterocycles. The van der Waals surface area contributed by atoms with E-state index in [1.54, 1.807) is 12.1 Å². The Morgan fingerprint density at radius 3 is 2.58 bits per heavy atom. The van der Waals surface area contributed by atoms with Gasteiger partial charge < -0.3 is 15.5 Å². The van der Waals surface area contributed by atoms with Gasteiger partial charge in [0, 0.05) is 6.54 Å². The Balaban J connectivity index is 1.91. The number of halogens is 1. The zero-order chi connectivity index (χ0) is 13.8. The molecular formula is C14H18ClNO3. The Kier molecular flexibility index (Phi) is 4.66. The van der Waals surface area contributed by atoms with Gasteiger partial charge >= 0.3 is 5.97 Å². The minimum absolute atomic E-state index is 0.144. The molecule has 5 heteroatoms. The first kappa shape index (κ1) is 14.2. The lowest BCUT2D eigenvalue weighted by molar-refractivity contribution is 0.0697. The van der Waals surface area contributed by atoms with Crippen molar-refractivity contribution < 1.29 is 15.0 Å². The first-order valence-electron chi connectivity index (χ1n) is 6.51. The van der Waals surface area contributed by atoms with Gasteiger partial charge in [-0.1, -0.05) is 11.6 Å². The SMILES string of the molecule is O=C(O)c1ccc(NCC2CCC(O)CC2)c(Cl)c1. The quantitative estimate of drug-likeness (QED) is 0.794. The summed E-state index contributed by atoms with van der Waals surface area (Å²) in [6, 6.07) is 4.70. The minimum atomic E-state index is -0.977. The molecule has 1 aliphatic rings. The molecule has 0 radical (unpaired) electrons. The lowest BCUT2D eigenvalue weighted by atomic mass is 9.87. The summed E-state index contributed by atoms with van der Waals surface area (Å²) in [6.07, 6.45) is 3.60. The molecule has 1 fully saturated rings. The van der Waals surface area contributed by atoms with Crippen LogP contribution in [0, 0.1) is 5.92 Å². The van der Waals surface area contributed by atoms with Gasteiger partial charge in [-0.15, -0.1) is 0 Å². The Labute approximate surface area is 117 Å². The number of anilines is 1. The predicted molar refractivity (Wildman–Crippen MR) is 74.9 cm³/mol. The standard InChI is InChI=1S/C14H18ClNO3/c15-12-7-10(14(18)19)3-6-13(12)16-8-9-1-4-11(17)5-2-9/h3,6-7,9,11,16-17H,1-2,4-5,8H2,(H,18,19). The summed E-state index contributed by atoms with van der Waals surface area (Å²) in [5, 5.41) is 22.0. The molecule has 19 heavy (non-hydrogen) atoms. The van der Waals surface area contributed by atoms with Crippen molar-refractivity contribution in [2.45, 2.75) is 31.8 Å². The maximum absolute atomic E-state index is 10.8. The first-order valence-corrected chi connectivity index (χ1v) is 6.89. The van der Waals surface area contributed by atoms with Crippen molar-refractivity contribution in [2.24, 2.45) is 5.92 Å². The smallest absolute Gasteiger partial charge is 0.335 e. The first-order chi connectivity index (χ1) is 9.06. The molecule has 0 aliphatic heterocycles. The van der Waals surface area contributed by atoms with Crippen molar-refractivity contribution in [1.29, 1.82) is 0 Å². The number of aromatic carboxylic acids is 1. The molecule has 1 aromatic carbocycles. The van der Waals surface area contributed by atoms with Gasteiger partial charge in [0.05, 0.1) is 22.4 Å². The summed E-state index contributed by atoms with van der Waals surface area (Å²) in [5.74, 6) is -0.437. The van der Waals surface area contributed by atoms with Gasteiger partial charge in [0.15, 0.2) is 0 Å². The van der Waals surface area contributed by atoms with Crippen LogP contribution in [0.5, 0.6) is 0 Å². The fourth-order valence-corrected chi connectivity index (χ4v) is 2.64. The van der Waals surface area contributed by atoms with Crippen LogP contribution in [0.25, 0.3) is 0 Å². The summed E-state index contributed by atoms with van der Waals surface area (Å²) in [5.41, 5.74) is 0.953. The third kappa shape index (κ3) is 3.85. The highest BCUT2D eigenvalue weighted by Crippen LogP contribution is 2.27. The summed E-state index contributed by atoms with van der Waals surface area (Å²) in [4.78, 5) is 10.8. The minimum Gasteiger partial charge on any atom is -0.478 e. The van der Waals surface area contributed by atoms with E-state index in [0.717, 1.165) is 37.9 Å². The van der Waals surface area contributed by atoms with E-state index in [4.69, 9.17) is 16.7 Å². The van der Waals surface area contributed by atoms with Gasteiger partial charge in [-0.3, -0.25) is 0 Å². The second-order valence-electron chi connectivity index (χ2n) is 5.06. The molecule has 0 amide bonds. The van der Waals surface area contributed by atoms with E-state index in [-0.39, 0.29) is 11.7 Å². The number of hydrogen-bond donors (Lipinski definition) is 3. The van der Waals surface area contributed by atoms with Crippen LogP contribution in [0.1, 0.15) is 36.0 Å². The fourth-order valence-electron chi connectivity index (χ4n) is 2.39. The van der Waals surface area contributed by atoms with E-state index in [1.807, 2.05) is 0 Å². The van der Waals surface area contributed by atoms with Crippen molar-refractivity contribution in [2.75, 3.05) is 11.9 Å². The summed E-state index contributed by atoms with van der Waals surface area (Å²) in [6.45, 7) is 0.804. The van der Waals surface area contributed by atoms with Crippen LogP contribution < -0.4 is 5.32 Å². The zero-order valence-corrected chi connectivity index (χ0v) is 11.4. The van der Waals surface area contributed by atoms with E-state index in [2.05, 4.69) is 5.32 Å². The van der Waals surface area contributed by atoms with Crippen LogP contribution in [0.2, 0.25) is 5.02 Å². The van der Waals surface area contributed by atoms with Crippen molar-refractivity contribution in [1.82, 2.24) is 0 Å². The van der Waals surface area contributed by atoms with Gasteiger partial charge in [0.1, 0.15) is 0 Å². The van der Waals surface area contributed by atoms with Crippen LogP contribution in [0.3, 0.4) is 0 Å². The van der Waals surface area contributed by atoms with Crippen molar-refractivity contribution >= 4 is 23.3 Å². The zero-order valence-electron chi connectivity index (χ0n) is 10.6. The molecule has 0 unspecified atom stereocenters. The van der Waals surface area contributed by atoms with Gasteiger partial charge in [-0.05, 0) is 49.8 Å². The van der Waals surface area contributed by atoms with E-state index < -0.39 is 5.97 Å². The second kappa shape index (κ2) is 6.26. The molecule has 1 saturated carbocycles. The van der Waals surface area contributed by atoms with Crippen LogP contribution in [-0.4, -0.2) is 28.8 Å². The van der Waals surface area contributed by atoms with E-state index >= 15 is 0 Å². The average Bonchev–Trinajstić information content (AvgIpc) is 2.39. The molecule has 0 heterocycles. The topological polar surface area (TPSA) is 69.6 Å². The third-order valence-corrected chi connectivity index (χ3v) is 3.93. The third-order valence-electron chi connectivity index (χ3n) is 3.61. The largest absolute Gasteiger partial charge is 0.478 e. The molecule has 0 atom stereocenters. The highest BCUT2D eigenvalue weighted by molar-refractivity contribution is 6.33. The van der Waals surface area contributed by atoms with E-state index in [1.165, 1.54) is 6.07 Å². The van der Waals surface area contributed by atoms with Crippen LogP contribution in [0.15, 0.2) is 18.2 Å². The maximum Gasteiger partial charge on any atom is 0.335 e. The predicted octanol–water partition coefficient (Wildman–Crippen LogP) is 3.00. The van der Waals surface area contributed by atoms with Crippen molar-refractivity contribution in [3.05, 3.63) is 28.8 Å². The van der Waals surface area contributed by atoms with Gasteiger partial charge in [-0.2, -0.15) is 0 Å². The van der Waals surface area contributed by atoms with Crippen molar-refractivity contribution in [3.8, 4) is 0 Å². The number of carbonyl (C=O) groups is 1. The Morgan fingerprint density at radius 1 is 1.32 bits per heavy atom. The highest BCUT2D eigenvalue weighted by atomic mass is 35.5. The molecule has 1 aliphatic carbocycles. The summed E-state index contributed by atoms with van der Waals surface area (Å²) in [7, 11) is 0. The molecule has 104 valence electrons. The average molecular weight is 284 g/mol. The molecule has 4 nitrogen and oxygen atoms in total. The normalized spacial score (nSPS) is 23.1. The number of rotatable bonds is 4. The number of nitrogens with one attached hydrogen (secondary N) is 1. The number of aliphatic hydroxyl groups is 1. The van der Waals surface area contributed by atoms with Crippen molar-refractivity contribution in [3.63, 3.8) is 0 Å². The second-order valence-corrected chi connectivity index (χ2v) is 5.46.